The van der Waals surface area contributed by atoms with E-state index >= 15 is 0 Å². The second-order valence-electron chi connectivity index (χ2n) is 7.77. The van der Waals surface area contributed by atoms with Crippen molar-refractivity contribution in [2.24, 2.45) is 7.05 Å². The summed E-state index contributed by atoms with van der Waals surface area (Å²) in [4.78, 5) is 23.4. The number of nitrogens with zero attached hydrogens (tertiary/aromatic N) is 1. The number of pyridine rings is 1. The quantitative estimate of drug-likeness (QED) is 0.407. The van der Waals surface area contributed by atoms with Gasteiger partial charge in [0.25, 0.3) is 0 Å². The van der Waals surface area contributed by atoms with Crippen molar-refractivity contribution in [3.63, 3.8) is 0 Å². The molecule has 0 aliphatic carbocycles. The fourth-order valence-electron chi connectivity index (χ4n) is 3.59. The minimum atomic E-state index is -5.11. The minimum Gasteiger partial charge on any atom is -0.465 e. The number of methoxy groups -OCH3 is 1. The predicted molar refractivity (Wildman–Crippen MR) is 124 cm³/mol. The van der Waals surface area contributed by atoms with Gasteiger partial charge in [-0.05, 0) is 42.0 Å². The van der Waals surface area contributed by atoms with E-state index in [2.05, 4.69) is 4.74 Å². The van der Waals surface area contributed by atoms with Crippen LogP contribution >= 0.6 is 23.2 Å². The van der Waals surface area contributed by atoms with Crippen molar-refractivity contribution in [2.45, 2.75) is 24.6 Å². The summed E-state index contributed by atoms with van der Waals surface area (Å²) in [5.74, 6) is -1.92. The largest absolute Gasteiger partial charge is 0.465 e. The molecule has 6 nitrogen and oxygen atoms in total. The van der Waals surface area contributed by atoms with Gasteiger partial charge in [-0.2, -0.15) is 13.2 Å². The molecule has 0 aliphatic rings. The monoisotopic (exact) mass is 529 g/mol. The molecule has 0 saturated carbocycles. The van der Waals surface area contributed by atoms with Crippen LogP contribution in [-0.2, 0) is 17.4 Å². The lowest BCUT2D eigenvalue weighted by Gasteiger charge is -2.37. The molecule has 0 fully saturated rings. The number of benzene rings is 2. The number of hydrogen-bond acceptors (Lipinski definition) is 5. The van der Waals surface area contributed by atoms with Crippen molar-refractivity contribution >= 4 is 29.2 Å². The van der Waals surface area contributed by atoms with Crippen LogP contribution in [0, 0.1) is 0 Å². The average Bonchev–Trinajstić information content (AvgIpc) is 2.80. The molecule has 2 unspecified atom stereocenters. The van der Waals surface area contributed by atoms with Crippen LogP contribution in [-0.4, -0.2) is 28.9 Å². The molecule has 11 heteroatoms. The van der Waals surface area contributed by atoms with Gasteiger partial charge in [0.1, 0.15) is 11.5 Å². The summed E-state index contributed by atoms with van der Waals surface area (Å²) in [5, 5.41) is 11.0. The van der Waals surface area contributed by atoms with Crippen LogP contribution in [0.3, 0.4) is 0 Å². The smallest absolute Gasteiger partial charge is 0.422 e. The molecule has 0 bridgehead atoms. The van der Waals surface area contributed by atoms with E-state index in [0.717, 1.165) is 22.9 Å². The predicted octanol–water partition coefficient (Wildman–Crippen LogP) is 5.82. The Bertz CT molecular complexity index is 1330. The molecule has 1 heterocycles. The van der Waals surface area contributed by atoms with E-state index in [4.69, 9.17) is 27.9 Å². The molecule has 186 valence electrons. The van der Waals surface area contributed by atoms with Crippen LogP contribution < -0.4 is 10.3 Å². The molecular weight excluding hydrogens is 510 g/mol. The highest BCUT2D eigenvalue weighted by atomic mass is 35.5. The van der Waals surface area contributed by atoms with Crippen LogP contribution in [0.5, 0.6) is 11.5 Å². The number of halogens is 5. The molecule has 0 spiro atoms. The fraction of sp³-hybridized carbons (Fsp3) is 0.250. The number of esters is 1. The lowest BCUT2D eigenvalue weighted by molar-refractivity contribution is -0.274. The van der Waals surface area contributed by atoms with E-state index in [1.54, 1.807) is 0 Å². The Morgan fingerprint density at radius 3 is 2.23 bits per heavy atom. The number of aryl methyl sites for hydroxylation is 1. The number of alkyl halides is 3. The zero-order chi connectivity index (χ0) is 26.1. The van der Waals surface area contributed by atoms with Gasteiger partial charge in [0.15, 0.2) is 5.60 Å². The molecule has 35 heavy (non-hydrogen) atoms. The lowest BCUT2D eigenvalue weighted by Crippen LogP contribution is -2.47. The van der Waals surface area contributed by atoms with Gasteiger partial charge in [-0.1, -0.05) is 30.1 Å². The number of aromatic nitrogens is 1. The van der Waals surface area contributed by atoms with Gasteiger partial charge in [0.2, 0.25) is 5.56 Å². The number of rotatable bonds is 6. The Hall–Kier alpha value is -3.01. The van der Waals surface area contributed by atoms with Gasteiger partial charge in [-0.15, -0.1) is 0 Å². The zero-order valence-electron chi connectivity index (χ0n) is 18.7. The van der Waals surface area contributed by atoms with Crippen molar-refractivity contribution in [1.82, 2.24) is 4.57 Å². The lowest BCUT2D eigenvalue weighted by atomic mass is 9.78. The zero-order valence-corrected chi connectivity index (χ0v) is 20.2. The Labute approximate surface area is 208 Å². The normalized spacial score (nSPS) is 14.2. The Morgan fingerprint density at radius 1 is 1.03 bits per heavy atom. The van der Waals surface area contributed by atoms with E-state index in [1.165, 1.54) is 57.5 Å². The third-order valence-corrected chi connectivity index (χ3v) is 6.26. The Kier molecular flexibility index (Phi) is 7.54. The van der Waals surface area contributed by atoms with Crippen LogP contribution in [0.2, 0.25) is 10.0 Å². The van der Waals surface area contributed by atoms with Gasteiger partial charge in [0.05, 0.1) is 17.7 Å². The molecule has 0 aliphatic heterocycles. The first-order valence-electron chi connectivity index (χ1n) is 10.1. The molecule has 3 rings (SSSR count). The average molecular weight is 530 g/mol. The van der Waals surface area contributed by atoms with Crippen LogP contribution in [0.1, 0.15) is 34.3 Å². The highest BCUT2D eigenvalue weighted by molar-refractivity contribution is 6.33. The summed E-state index contributed by atoms with van der Waals surface area (Å²) in [6, 6.07) is 10.1. The second kappa shape index (κ2) is 9.93. The minimum absolute atomic E-state index is 0.0311. The molecule has 3 aromatic rings. The van der Waals surface area contributed by atoms with Crippen LogP contribution in [0.15, 0.2) is 59.5 Å². The number of carbonyl (C=O) groups is 1. The highest BCUT2D eigenvalue weighted by Gasteiger charge is 2.59. The Balaban J connectivity index is 2.03. The van der Waals surface area contributed by atoms with E-state index in [0.29, 0.717) is 0 Å². The van der Waals surface area contributed by atoms with Gasteiger partial charge in [-0.3, -0.25) is 4.79 Å². The van der Waals surface area contributed by atoms with E-state index in [9.17, 15) is 27.9 Å². The first-order chi connectivity index (χ1) is 16.3. The fourth-order valence-corrected chi connectivity index (χ4v) is 4.12. The summed E-state index contributed by atoms with van der Waals surface area (Å²) in [6.45, 7) is 1.17. The van der Waals surface area contributed by atoms with Crippen LogP contribution in [0.25, 0.3) is 0 Å². The third-order valence-electron chi connectivity index (χ3n) is 5.60. The third kappa shape index (κ3) is 5.17. The maximum absolute atomic E-state index is 14.3. The first kappa shape index (κ1) is 26.6. The summed E-state index contributed by atoms with van der Waals surface area (Å²) in [5.41, 5.74) is -4.36. The summed E-state index contributed by atoms with van der Waals surface area (Å²) in [6.07, 6.45) is -4.17. The number of ether oxygens (including phenoxy) is 2. The molecule has 0 amide bonds. The molecule has 2 aromatic carbocycles. The van der Waals surface area contributed by atoms with Crippen molar-refractivity contribution in [3.05, 3.63) is 91.8 Å². The highest BCUT2D eigenvalue weighted by Crippen LogP contribution is 2.50. The second-order valence-corrected chi connectivity index (χ2v) is 8.59. The molecule has 2 atom stereocenters. The van der Waals surface area contributed by atoms with Crippen molar-refractivity contribution in [1.29, 1.82) is 0 Å². The topological polar surface area (TPSA) is 77.8 Å². The maximum Gasteiger partial charge on any atom is 0.422 e. The van der Waals surface area contributed by atoms with Crippen molar-refractivity contribution < 1.29 is 32.5 Å². The van der Waals surface area contributed by atoms with Crippen molar-refractivity contribution in [3.8, 4) is 11.5 Å². The molecule has 0 saturated heterocycles. The molecular formula is C24H20Cl2F3NO5. The number of aliphatic hydroxyl groups is 1. The maximum atomic E-state index is 14.3. The molecule has 1 aromatic heterocycles. The first-order valence-corrected chi connectivity index (χ1v) is 10.9. The standard InChI is InChI=1S/C24H20Cl2F3NO5/c1-13(23(33,24(27,28)29)14-4-9-21(31)30(2)12-14)18-10-15(6-8-19(18)25)35-16-5-7-17(20(26)11-16)22(32)34-3/h4-13,33H,1-3H3. The van der Waals surface area contributed by atoms with Gasteiger partial charge in [0, 0.05) is 41.9 Å². The van der Waals surface area contributed by atoms with Crippen molar-refractivity contribution in [2.75, 3.05) is 7.11 Å². The van der Waals surface area contributed by atoms with Crippen LogP contribution in [0.4, 0.5) is 13.2 Å². The SMILES string of the molecule is COC(=O)c1ccc(Oc2ccc(Cl)c(C(C)C(O)(c3ccc(=O)n(C)c3)C(F)(F)F)c2)cc1Cl. The summed E-state index contributed by atoms with van der Waals surface area (Å²) in [7, 11) is 2.49. The summed E-state index contributed by atoms with van der Waals surface area (Å²) >= 11 is 12.3. The van der Waals surface area contributed by atoms with E-state index in [1.807, 2.05) is 0 Å². The molecule has 1 N–H and O–H groups in total. The summed E-state index contributed by atoms with van der Waals surface area (Å²) < 4.78 is 54.0. The Morgan fingerprint density at radius 2 is 1.66 bits per heavy atom. The van der Waals surface area contributed by atoms with Gasteiger partial charge in [-0.25, -0.2) is 4.79 Å². The number of carbonyl (C=O) groups excluding carboxylic acids is 1. The van der Waals surface area contributed by atoms with Gasteiger partial charge < -0.3 is 19.1 Å². The van der Waals surface area contributed by atoms with E-state index < -0.39 is 34.8 Å². The van der Waals surface area contributed by atoms with E-state index in [-0.39, 0.29) is 32.7 Å². The van der Waals surface area contributed by atoms with Gasteiger partial charge >= 0.3 is 12.1 Å². The number of hydrogen-bond donors (Lipinski definition) is 1. The molecule has 0 radical (unpaired) electrons.